The average molecular weight is 350 g/mol. The fraction of sp³-hybridized carbons (Fsp3) is 0.350. The Morgan fingerprint density at radius 2 is 1.92 bits per heavy atom. The van der Waals surface area contributed by atoms with E-state index in [1.165, 1.54) is 5.56 Å². The van der Waals surface area contributed by atoms with Gasteiger partial charge in [-0.15, -0.1) is 0 Å². The van der Waals surface area contributed by atoms with Crippen molar-refractivity contribution >= 4 is 17.0 Å². The number of pyridine rings is 1. The van der Waals surface area contributed by atoms with E-state index in [1.54, 1.807) is 0 Å². The predicted molar refractivity (Wildman–Crippen MR) is 100 cm³/mol. The van der Waals surface area contributed by atoms with E-state index in [4.69, 9.17) is 4.52 Å². The molecular weight excluding hydrogens is 328 g/mol. The van der Waals surface area contributed by atoms with Gasteiger partial charge in [0.2, 0.25) is 0 Å². The van der Waals surface area contributed by atoms with Gasteiger partial charge >= 0.3 is 0 Å². The molecule has 1 saturated heterocycles. The van der Waals surface area contributed by atoms with E-state index in [1.807, 2.05) is 44.2 Å². The molecule has 0 bridgehead atoms. The molecule has 6 nitrogen and oxygen atoms in total. The van der Waals surface area contributed by atoms with Crippen LogP contribution in [0.2, 0.25) is 0 Å². The lowest BCUT2D eigenvalue weighted by atomic mass is 10.0. The number of benzene rings is 1. The van der Waals surface area contributed by atoms with Gasteiger partial charge in [0.1, 0.15) is 0 Å². The van der Waals surface area contributed by atoms with Crippen molar-refractivity contribution in [3.8, 4) is 11.3 Å². The third kappa shape index (κ3) is 3.20. The SMILES string of the molecule is Cc1ccc(-c2cc(C(=O)NC3CCNCC3)c3c(C)noc3n2)cc1. The molecule has 1 aromatic carbocycles. The maximum atomic E-state index is 13.0. The summed E-state index contributed by atoms with van der Waals surface area (Å²) >= 11 is 0. The first-order chi connectivity index (χ1) is 12.6. The highest BCUT2D eigenvalue weighted by Gasteiger charge is 2.22. The van der Waals surface area contributed by atoms with Crippen LogP contribution in [0.4, 0.5) is 0 Å². The van der Waals surface area contributed by atoms with Gasteiger partial charge in [0.15, 0.2) is 0 Å². The van der Waals surface area contributed by atoms with Gasteiger partial charge in [-0.25, -0.2) is 4.98 Å². The van der Waals surface area contributed by atoms with Crippen LogP contribution in [0.5, 0.6) is 0 Å². The Morgan fingerprint density at radius 3 is 2.65 bits per heavy atom. The number of aromatic nitrogens is 2. The number of carbonyl (C=O) groups excluding carboxylic acids is 1. The van der Waals surface area contributed by atoms with Gasteiger partial charge in [-0.1, -0.05) is 35.0 Å². The molecule has 4 rings (SSSR count). The molecule has 2 aromatic heterocycles. The minimum atomic E-state index is -0.0936. The van der Waals surface area contributed by atoms with E-state index in [2.05, 4.69) is 20.8 Å². The zero-order chi connectivity index (χ0) is 18.1. The monoisotopic (exact) mass is 350 g/mol. The third-order valence-corrected chi connectivity index (χ3v) is 4.88. The summed E-state index contributed by atoms with van der Waals surface area (Å²) in [5, 5.41) is 11.2. The predicted octanol–water partition coefficient (Wildman–Crippen LogP) is 2.99. The summed E-state index contributed by atoms with van der Waals surface area (Å²) in [4.78, 5) is 17.6. The quantitative estimate of drug-likeness (QED) is 0.759. The molecule has 1 aliphatic rings. The lowest BCUT2D eigenvalue weighted by Crippen LogP contribution is -2.42. The van der Waals surface area contributed by atoms with Crippen LogP contribution in [0.25, 0.3) is 22.4 Å². The number of carbonyl (C=O) groups is 1. The molecule has 1 amide bonds. The summed E-state index contributed by atoms with van der Waals surface area (Å²) in [6.07, 6.45) is 1.88. The van der Waals surface area contributed by atoms with E-state index < -0.39 is 0 Å². The highest BCUT2D eigenvalue weighted by atomic mass is 16.5. The maximum Gasteiger partial charge on any atom is 0.259 e. The van der Waals surface area contributed by atoms with E-state index in [0.717, 1.165) is 31.5 Å². The average Bonchev–Trinajstić information content (AvgIpc) is 3.03. The van der Waals surface area contributed by atoms with Crippen molar-refractivity contribution in [2.24, 2.45) is 0 Å². The third-order valence-electron chi connectivity index (χ3n) is 4.88. The van der Waals surface area contributed by atoms with Crippen molar-refractivity contribution < 1.29 is 9.32 Å². The van der Waals surface area contributed by atoms with E-state index in [0.29, 0.717) is 28.1 Å². The Labute approximate surface area is 152 Å². The largest absolute Gasteiger partial charge is 0.349 e. The van der Waals surface area contributed by atoms with Gasteiger partial charge in [0.25, 0.3) is 11.6 Å². The number of amides is 1. The highest BCUT2D eigenvalue weighted by Crippen LogP contribution is 2.27. The molecule has 6 heteroatoms. The topological polar surface area (TPSA) is 80.0 Å². The second kappa shape index (κ2) is 6.88. The first kappa shape index (κ1) is 16.7. The zero-order valence-electron chi connectivity index (χ0n) is 15.0. The Hall–Kier alpha value is -2.73. The first-order valence-corrected chi connectivity index (χ1v) is 8.97. The number of rotatable bonds is 3. The summed E-state index contributed by atoms with van der Waals surface area (Å²) in [6.45, 7) is 5.73. The Balaban J connectivity index is 1.75. The van der Waals surface area contributed by atoms with Gasteiger partial charge in [0, 0.05) is 11.6 Å². The van der Waals surface area contributed by atoms with Gasteiger partial charge in [0.05, 0.1) is 22.3 Å². The second-order valence-corrected chi connectivity index (χ2v) is 6.87. The van der Waals surface area contributed by atoms with E-state index >= 15 is 0 Å². The molecule has 2 N–H and O–H groups in total. The lowest BCUT2D eigenvalue weighted by Gasteiger charge is -2.23. The second-order valence-electron chi connectivity index (χ2n) is 6.87. The smallest absolute Gasteiger partial charge is 0.259 e. The molecule has 1 aliphatic heterocycles. The maximum absolute atomic E-state index is 13.0. The van der Waals surface area contributed by atoms with Gasteiger partial charge < -0.3 is 15.2 Å². The van der Waals surface area contributed by atoms with Gasteiger partial charge in [-0.3, -0.25) is 4.79 Å². The molecule has 0 unspecified atom stereocenters. The molecule has 0 atom stereocenters. The summed E-state index contributed by atoms with van der Waals surface area (Å²) in [5.74, 6) is -0.0936. The molecule has 3 heterocycles. The van der Waals surface area contributed by atoms with Crippen LogP contribution in [0.1, 0.15) is 34.5 Å². The summed E-state index contributed by atoms with van der Waals surface area (Å²) in [6, 6.07) is 10.1. The summed E-state index contributed by atoms with van der Waals surface area (Å²) < 4.78 is 5.36. The molecule has 0 aliphatic carbocycles. The molecule has 0 saturated carbocycles. The molecule has 1 fully saturated rings. The number of aryl methyl sites for hydroxylation is 2. The van der Waals surface area contributed by atoms with Crippen LogP contribution >= 0.6 is 0 Å². The fourth-order valence-electron chi connectivity index (χ4n) is 3.38. The van der Waals surface area contributed by atoms with E-state index in [-0.39, 0.29) is 11.9 Å². The molecule has 3 aromatic rings. The number of fused-ring (bicyclic) bond motifs is 1. The summed E-state index contributed by atoms with van der Waals surface area (Å²) in [7, 11) is 0. The Kier molecular flexibility index (Phi) is 4.42. The van der Waals surface area contributed by atoms with Crippen molar-refractivity contribution in [1.82, 2.24) is 20.8 Å². The van der Waals surface area contributed by atoms with E-state index in [9.17, 15) is 4.79 Å². The number of piperidine rings is 1. The van der Waals surface area contributed by atoms with Gasteiger partial charge in [-0.05, 0) is 45.8 Å². The van der Waals surface area contributed by atoms with Crippen LogP contribution in [-0.2, 0) is 0 Å². The Morgan fingerprint density at radius 1 is 1.19 bits per heavy atom. The minimum absolute atomic E-state index is 0.0936. The normalized spacial score (nSPS) is 15.3. The first-order valence-electron chi connectivity index (χ1n) is 8.97. The van der Waals surface area contributed by atoms with Crippen molar-refractivity contribution in [2.75, 3.05) is 13.1 Å². The van der Waals surface area contributed by atoms with Crippen LogP contribution < -0.4 is 10.6 Å². The standard InChI is InChI=1S/C20H22N4O2/c1-12-3-5-14(6-4-12)17-11-16(18-13(2)24-26-20(18)23-17)19(25)22-15-7-9-21-10-8-15/h3-6,11,15,21H,7-10H2,1-2H3,(H,22,25). The molecule has 134 valence electrons. The zero-order valence-corrected chi connectivity index (χ0v) is 15.0. The van der Waals surface area contributed by atoms with Crippen LogP contribution in [0, 0.1) is 13.8 Å². The Bertz CT molecular complexity index is 940. The van der Waals surface area contributed by atoms with Crippen molar-refractivity contribution in [2.45, 2.75) is 32.7 Å². The van der Waals surface area contributed by atoms with Crippen molar-refractivity contribution in [3.05, 3.63) is 47.2 Å². The molecule has 0 radical (unpaired) electrons. The number of nitrogens with zero attached hydrogens (tertiary/aromatic N) is 2. The lowest BCUT2D eigenvalue weighted by molar-refractivity contribution is 0.0931. The molecule has 26 heavy (non-hydrogen) atoms. The van der Waals surface area contributed by atoms with Crippen molar-refractivity contribution in [1.29, 1.82) is 0 Å². The fourth-order valence-corrected chi connectivity index (χ4v) is 3.38. The van der Waals surface area contributed by atoms with Crippen molar-refractivity contribution in [3.63, 3.8) is 0 Å². The summed E-state index contributed by atoms with van der Waals surface area (Å²) in [5.41, 5.74) is 4.48. The number of hydrogen-bond acceptors (Lipinski definition) is 5. The molecule has 0 spiro atoms. The number of nitrogens with one attached hydrogen (secondary N) is 2. The minimum Gasteiger partial charge on any atom is -0.349 e. The highest BCUT2D eigenvalue weighted by molar-refractivity contribution is 6.07. The van der Waals surface area contributed by atoms with Crippen LogP contribution in [0.15, 0.2) is 34.9 Å². The van der Waals surface area contributed by atoms with Crippen LogP contribution in [-0.4, -0.2) is 35.2 Å². The van der Waals surface area contributed by atoms with Gasteiger partial charge in [-0.2, -0.15) is 0 Å². The van der Waals surface area contributed by atoms with Crippen LogP contribution in [0.3, 0.4) is 0 Å². The number of hydrogen-bond donors (Lipinski definition) is 2. The molecular formula is C20H22N4O2.